The summed E-state index contributed by atoms with van der Waals surface area (Å²) in [7, 11) is 0. The van der Waals surface area contributed by atoms with E-state index >= 15 is 0 Å². The number of amides is 1. The number of fused-ring (bicyclic) bond motifs is 3. The molecule has 1 saturated heterocycles. The number of aromatic amines is 1. The molecule has 1 N–H and O–H groups in total. The first-order valence-corrected chi connectivity index (χ1v) is 11.4. The number of nitrogens with zero attached hydrogens (tertiary/aromatic N) is 2. The Morgan fingerprint density at radius 1 is 1.32 bits per heavy atom. The largest absolute Gasteiger partial charge is 0.444 e. The Labute approximate surface area is 177 Å². The molecule has 1 fully saturated rings. The second kappa shape index (κ2) is 7.26. The van der Waals surface area contributed by atoms with Crippen molar-refractivity contribution in [1.29, 1.82) is 0 Å². The number of aromatic nitrogens is 2. The van der Waals surface area contributed by atoms with Crippen LogP contribution in [0.25, 0.3) is 21.8 Å². The van der Waals surface area contributed by atoms with Gasteiger partial charge in [0.05, 0.1) is 17.1 Å². The van der Waals surface area contributed by atoms with E-state index in [1.165, 1.54) is 0 Å². The van der Waals surface area contributed by atoms with Crippen LogP contribution in [-0.4, -0.2) is 44.6 Å². The fraction of sp³-hybridized carbons (Fsp3) is 0.429. The number of benzene rings is 2. The molecule has 2 atom stereocenters. The van der Waals surface area contributed by atoms with Crippen LogP contribution in [0, 0.1) is 0 Å². The van der Waals surface area contributed by atoms with Crippen molar-refractivity contribution in [2.45, 2.75) is 44.1 Å². The Morgan fingerprint density at radius 2 is 2.11 bits per heavy atom. The summed E-state index contributed by atoms with van der Waals surface area (Å²) in [6.07, 6.45) is 2.68. The molecular weight excluding hydrogens is 438 g/mol. The molecule has 2 aromatic carbocycles. The van der Waals surface area contributed by atoms with Crippen LogP contribution in [0.2, 0.25) is 0 Å². The molecule has 0 saturated carbocycles. The van der Waals surface area contributed by atoms with Gasteiger partial charge in [-0.05, 0) is 57.0 Å². The van der Waals surface area contributed by atoms with Gasteiger partial charge < -0.3 is 9.72 Å². The van der Waals surface area contributed by atoms with Crippen molar-refractivity contribution in [3.8, 4) is 0 Å². The van der Waals surface area contributed by atoms with Crippen LogP contribution in [0.3, 0.4) is 0 Å². The van der Waals surface area contributed by atoms with Gasteiger partial charge in [-0.1, -0.05) is 28.1 Å². The summed E-state index contributed by atoms with van der Waals surface area (Å²) in [5.41, 5.74) is 1.41. The molecule has 2 heterocycles. The highest BCUT2D eigenvalue weighted by molar-refractivity contribution is 9.10. The summed E-state index contributed by atoms with van der Waals surface area (Å²) in [4.78, 5) is 23.0. The van der Waals surface area contributed by atoms with Gasteiger partial charge >= 0.3 is 6.09 Å². The van der Waals surface area contributed by atoms with E-state index in [0.717, 1.165) is 38.5 Å². The van der Waals surface area contributed by atoms with Crippen molar-refractivity contribution in [1.82, 2.24) is 14.9 Å². The average Bonchev–Trinajstić information content (AvgIpc) is 3.23. The van der Waals surface area contributed by atoms with Gasteiger partial charge in [0.15, 0.2) is 0 Å². The third-order valence-corrected chi connectivity index (χ3v) is 6.49. The van der Waals surface area contributed by atoms with E-state index in [1.807, 2.05) is 31.7 Å². The summed E-state index contributed by atoms with van der Waals surface area (Å²) in [5, 5.41) is 2.61. The lowest BCUT2D eigenvalue weighted by Crippen LogP contribution is -2.37. The van der Waals surface area contributed by atoms with Crippen LogP contribution in [0.15, 0.2) is 34.8 Å². The first kappa shape index (κ1) is 19.6. The summed E-state index contributed by atoms with van der Waals surface area (Å²) in [6, 6.07) is 10.2. The van der Waals surface area contributed by atoms with Crippen molar-refractivity contribution in [2.24, 2.45) is 0 Å². The van der Waals surface area contributed by atoms with E-state index in [-0.39, 0.29) is 12.1 Å². The highest BCUT2D eigenvalue weighted by atomic mass is 79.9. The van der Waals surface area contributed by atoms with Gasteiger partial charge in [-0.3, -0.25) is 4.90 Å². The molecule has 7 heteroatoms. The molecule has 0 bridgehead atoms. The fourth-order valence-corrected chi connectivity index (χ4v) is 4.76. The van der Waals surface area contributed by atoms with Crippen molar-refractivity contribution in [3.63, 3.8) is 0 Å². The van der Waals surface area contributed by atoms with Crippen LogP contribution in [0.5, 0.6) is 0 Å². The van der Waals surface area contributed by atoms with Crippen molar-refractivity contribution in [2.75, 3.05) is 12.8 Å². The third-order valence-electron chi connectivity index (χ3n) is 4.99. The minimum Gasteiger partial charge on any atom is -0.444 e. The van der Waals surface area contributed by atoms with Crippen molar-refractivity contribution < 1.29 is 9.53 Å². The molecule has 1 amide bonds. The van der Waals surface area contributed by atoms with Gasteiger partial charge in [0.1, 0.15) is 11.4 Å². The molecule has 1 aromatic heterocycles. The topological polar surface area (TPSA) is 58.2 Å². The Balaban J connectivity index is 1.74. The first-order valence-electron chi connectivity index (χ1n) is 9.35. The molecule has 5 nitrogen and oxygen atoms in total. The Bertz CT molecular complexity index is 1040. The van der Waals surface area contributed by atoms with E-state index < -0.39 is 5.60 Å². The molecule has 1 unspecified atom stereocenters. The molecule has 4 rings (SSSR count). The van der Waals surface area contributed by atoms with E-state index in [0.29, 0.717) is 11.8 Å². The fourth-order valence-electron chi connectivity index (χ4n) is 3.70. The van der Waals surface area contributed by atoms with E-state index in [1.54, 1.807) is 11.8 Å². The smallest absolute Gasteiger partial charge is 0.410 e. The molecular formula is C21H24BrN3O2S. The minimum atomic E-state index is -0.517. The summed E-state index contributed by atoms with van der Waals surface area (Å²) in [5.74, 6) is 0.827. The lowest BCUT2D eigenvalue weighted by molar-refractivity contribution is 0.0219. The average molecular weight is 462 g/mol. The number of carbonyl (C=O) groups excluding carboxylic acids is 1. The Morgan fingerprint density at radius 3 is 2.82 bits per heavy atom. The number of H-pyrrole nitrogens is 1. The molecule has 3 aromatic rings. The Kier molecular flexibility index (Phi) is 5.08. The van der Waals surface area contributed by atoms with Gasteiger partial charge in [0.25, 0.3) is 0 Å². The van der Waals surface area contributed by atoms with Crippen LogP contribution in [0.4, 0.5) is 4.79 Å². The van der Waals surface area contributed by atoms with Crippen LogP contribution < -0.4 is 0 Å². The van der Waals surface area contributed by atoms with Gasteiger partial charge in [-0.25, -0.2) is 9.78 Å². The van der Waals surface area contributed by atoms with Crippen molar-refractivity contribution in [3.05, 3.63) is 40.6 Å². The Hall–Kier alpha value is -1.73. The maximum atomic E-state index is 12.8. The molecule has 0 spiro atoms. The molecule has 28 heavy (non-hydrogen) atoms. The summed E-state index contributed by atoms with van der Waals surface area (Å²) in [6.45, 7) is 6.36. The highest BCUT2D eigenvalue weighted by Crippen LogP contribution is 2.38. The van der Waals surface area contributed by atoms with E-state index in [4.69, 9.17) is 9.72 Å². The number of imidazole rings is 1. The number of carbonyl (C=O) groups is 1. The van der Waals surface area contributed by atoms with Crippen LogP contribution in [0.1, 0.15) is 39.1 Å². The van der Waals surface area contributed by atoms with Crippen LogP contribution in [-0.2, 0) is 4.74 Å². The van der Waals surface area contributed by atoms with Crippen LogP contribution >= 0.6 is 27.7 Å². The van der Waals surface area contributed by atoms with Gasteiger partial charge in [0.2, 0.25) is 0 Å². The summed E-state index contributed by atoms with van der Waals surface area (Å²) >= 11 is 5.31. The number of hydrogen-bond donors (Lipinski definition) is 1. The zero-order valence-electron chi connectivity index (χ0n) is 16.5. The monoisotopic (exact) mass is 461 g/mol. The van der Waals surface area contributed by atoms with Gasteiger partial charge in [-0.2, -0.15) is 11.8 Å². The lowest BCUT2D eigenvalue weighted by Gasteiger charge is -2.27. The summed E-state index contributed by atoms with van der Waals surface area (Å²) < 4.78 is 6.70. The third kappa shape index (κ3) is 3.74. The lowest BCUT2D eigenvalue weighted by atomic mass is 10.1. The second-order valence-corrected chi connectivity index (χ2v) is 10.2. The maximum absolute atomic E-state index is 12.8. The molecule has 0 radical (unpaired) electrons. The standard InChI is InChI=1S/C21H24BrN3O2S/c1-21(2,3)27-20(26)25-11-14(28-4)10-17(25)19-23-16-8-5-12-9-13(22)6-7-15(12)18(16)24-19/h5-9,14,17H,10-11H2,1-4H3,(H,23,24)/t14-,17?/m0/s1. The predicted molar refractivity (Wildman–Crippen MR) is 119 cm³/mol. The maximum Gasteiger partial charge on any atom is 0.410 e. The predicted octanol–water partition coefficient (Wildman–Crippen LogP) is 5.89. The quantitative estimate of drug-likeness (QED) is 0.516. The van der Waals surface area contributed by atoms with Crippen molar-refractivity contribution >= 4 is 55.6 Å². The minimum absolute atomic E-state index is 0.106. The SMILES string of the molecule is CS[C@H]1CC(c2nc3c(ccc4cc(Br)ccc43)[nH]2)N(C(=O)OC(C)(C)C)C1. The molecule has 0 aliphatic carbocycles. The number of thioether (sulfide) groups is 1. The number of rotatable bonds is 2. The highest BCUT2D eigenvalue weighted by Gasteiger charge is 2.39. The molecule has 1 aliphatic rings. The number of hydrogen-bond acceptors (Lipinski definition) is 4. The number of nitrogens with one attached hydrogen (secondary N) is 1. The van der Waals surface area contributed by atoms with E-state index in [2.05, 4.69) is 51.4 Å². The number of ether oxygens (including phenoxy) is 1. The number of halogens is 1. The first-order chi connectivity index (χ1) is 13.2. The molecule has 1 aliphatic heterocycles. The molecule has 148 valence electrons. The second-order valence-electron chi connectivity index (χ2n) is 8.19. The van der Waals surface area contributed by atoms with Gasteiger partial charge in [-0.15, -0.1) is 0 Å². The normalized spacial score (nSPS) is 20.2. The zero-order valence-corrected chi connectivity index (χ0v) is 18.9. The number of likely N-dealkylation sites (tertiary alicyclic amines) is 1. The van der Waals surface area contributed by atoms with E-state index in [9.17, 15) is 4.79 Å². The van der Waals surface area contributed by atoms with Gasteiger partial charge in [0, 0.05) is 21.7 Å². The zero-order chi connectivity index (χ0) is 20.1.